The van der Waals surface area contributed by atoms with Crippen LogP contribution in [-0.4, -0.2) is 31.2 Å². The van der Waals surface area contributed by atoms with E-state index >= 15 is 0 Å². The van der Waals surface area contributed by atoms with Gasteiger partial charge in [0, 0.05) is 24.5 Å². The first-order valence-electron chi connectivity index (χ1n) is 6.65. The molecule has 0 saturated carbocycles. The standard InChI is InChI=1S/C15H19N3/c1-16-13-6-4-10-18(11-13)15-9-8-12-5-2-3-7-14(12)17-15/h2-3,5,7-9,13,16H,4,6,10-11H2,1H3. The molecule has 0 bridgehead atoms. The number of aromatic nitrogens is 1. The van der Waals surface area contributed by atoms with E-state index in [2.05, 4.69) is 40.5 Å². The highest BCUT2D eigenvalue weighted by atomic mass is 15.2. The number of piperidine rings is 1. The Labute approximate surface area is 108 Å². The Hall–Kier alpha value is -1.61. The smallest absolute Gasteiger partial charge is 0.129 e. The highest BCUT2D eigenvalue weighted by Crippen LogP contribution is 2.21. The third-order valence-electron chi connectivity index (χ3n) is 3.74. The van der Waals surface area contributed by atoms with E-state index < -0.39 is 0 Å². The lowest BCUT2D eigenvalue weighted by Gasteiger charge is -2.33. The second-order valence-electron chi connectivity index (χ2n) is 4.94. The maximum atomic E-state index is 4.77. The second kappa shape index (κ2) is 4.94. The molecule has 1 aromatic heterocycles. The summed E-state index contributed by atoms with van der Waals surface area (Å²) in [5, 5.41) is 4.58. The van der Waals surface area contributed by atoms with Gasteiger partial charge in [0.15, 0.2) is 0 Å². The quantitative estimate of drug-likeness (QED) is 0.875. The number of hydrogen-bond acceptors (Lipinski definition) is 3. The largest absolute Gasteiger partial charge is 0.355 e. The number of rotatable bonds is 2. The Kier molecular flexibility index (Phi) is 3.15. The molecule has 1 fully saturated rings. The van der Waals surface area contributed by atoms with Gasteiger partial charge < -0.3 is 10.2 Å². The van der Waals surface area contributed by atoms with E-state index in [1.54, 1.807) is 0 Å². The number of nitrogens with zero attached hydrogens (tertiary/aromatic N) is 2. The Balaban J connectivity index is 1.89. The van der Waals surface area contributed by atoms with Crippen LogP contribution in [0.2, 0.25) is 0 Å². The molecule has 0 amide bonds. The van der Waals surface area contributed by atoms with Crippen LogP contribution in [0.15, 0.2) is 36.4 Å². The van der Waals surface area contributed by atoms with Crippen LogP contribution < -0.4 is 10.2 Å². The molecule has 18 heavy (non-hydrogen) atoms. The first-order chi connectivity index (χ1) is 8.86. The molecule has 3 rings (SSSR count). The lowest BCUT2D eigenvalue weighted by molar-refractivity contribution is 0.448. The van der Waals surface area contributed by atoms with E-state index in [1.807, 2.05) is 13.1 Å². The van der Waals surface area contributed by atoms with E-state index in [0.717, 1.165) is 24.4 Å². The van der Waals surface area contributed by atoms with Gasteiger partial charge in [0.25, 0.3) is 0 Å². The zero-order valence-electron chi connectivity index (χ0n) is 10.8. The predicted molar refractivity (Wildman–Crippen MR) is 76.0 cm³/mol. The lowest BCUT2D eigenvalue weighted by atomic mass is 10.1. The van der Waals surface area contributed by atoms with Crippen LogP contribution in [-0.2, 0) is 0 Å². The predicted octanol–water partition coefficient (Wildman–Crippen LogP) is 2.42. The second-order valence-corrected chi connectivity index (χ2v) is 4.94. The molecule has 94 valence electrons. The normalized spacial score (nSPS) is 20.3. The zero-order valence-corrected chi connectivity index (χ0v) is 10.8. The molecule has 0 aliphatic carbocycles. The monoisotopic (exact) mass is 241 g/mol. The summed E-state index contributed by atoms with van der Waals surface area (Å²) in [4.78, 5) is 7.15. The molecule has 2 heterocycles. The minimum Gasteiger partial charge on any atom is -0.355 e. The molecule has 0 spiro atoms. The third-order valence-corrected chi connectivity index (χ3v) is 3.74. The fraction of sp³-hybridized carbons (Fsp3) is 0.400. The van der Waals surface area contributed by atoms with E-state index in [1.165, 1.54) is 18.2 Å². The van der Waals surface area contributed by atoms with Gasteiger partial charge in [-0.25, -0.2) is 4.98 Å². The van der Waals surface area contributed by atoms with Crippen LogP contribution in [0, 0.1) is 0 Å². The molecule has 1 aromatic carbocycles. The summed E-state index contributed by atoms with van der Waals surface area (Å²) in [5.41, 5.74) is 1.08. The van der Waals surface area contributed by atoms with E-state index in [9.17, 15) is 0 Å². The minimum absolute atomic E-state index is 0.590. The molecule has 3 nitrogen and oxygen atoms in total. The van der Waals surface area contributed by atoms with Crippen molar-refractivity contribution in [2.75, 3.05) is 25.0 Å². The van der Waals surface area contributed by atoms with Gasteiger partial charge in [-0.05, 0) is 38.1 Å². The molecule has 1 N–H and O–H groups in total. The summed E-state index contributed by atoms with van der Waals surface area (Å²) >= 11 is 0. The van der Waals surface area contributed by atoms with Gasteiger partial charge in [0.05, 0.1) is 5.52 Å². The average molecular weight is 241 g/mol. The van der Waals surface area contributed by atoms with Gasteiger partial charge in [-0.2, -0.15) is 0 Å². The van der Waals surface area contributed by atoms with Crippen LogP contribution in [0.1, 0.15) is 12.8 Å². The molecule has 2 aromatic rings. The highest BCUT2D eigenvalue weighted by Gasteiger charge is 2.19. The van der Waals surface area contributed by atoms with Crippen LogP contribution in [0.4, 0.5) is 5.82 Å². The van der Waals surface area contributed by atoms with Crippen molar-refractivity contribution in [3.63, 3.8) is 0 Å². The number of benzene rings is 1. The van der Waals surface area contributed by atoms with E-state index in [-0.39, 0.29) is 0 Å². The maximum Gasteiger partial charge on any atom is 0.129 e. The molecular weight excluding hydrogens is 222 g/mol. The number of hydrogen-bond donors (Lipinski definition) is 1. The Morgan fingerprint density at radius 1 is 1.22 bits per heavy atom. The van der Waals surface area contributed by atoms with Crippen LogP contribution in [0.5, 0.6) is 0 Å². The molecule has 1 saturated heterocycles. The number of anilines is 1. The third kappa shape index (κ3) is 2.18. The molecule has 1 atom stereocenters. The molecule has 1 unspecified atom stereocenters. The summed E-state index contributed by atoms with van der Waals surface area (Å²) in [5.74, 6) is 1.11. The summed E-state index contributed by atoms with van der Waals surface area (Å²) in [6, 6.07) is 13.2. The van der Waals surface area contributed by atoms with Crippen molar-refractivity contribution in [2.24, 2.45) is 0 Å². The molecule has 0 radical (unpaired) electrons. The van der Waals surface area contributed by atoms with Crippen molar-refractivity contribution >= 4 is 16.7 Å². The molecule has 3 heteroatoms. The SMILES string of the molecule is CNC1CCCN(c2ccc3ccccc3n2)C1. The van der Waals surface area contributed by atoms with Gasteiger partial charge in [-0.15, -0.1) is 0 Å². The maximum absolute atomic E-state index is 4.77. The fourth-order valence-electron chi connectivity index (χ4n) is 2.65. The lowest BCUT2D eigenvalue weighted by Crippen LogP contribution is -2.44. The summed E-state index contributed by atoms with van der Waals surface area (Å²) in [6.07, 6.45) is 2.50. The fourth-order valence-corrected chi connectivity index (χ4v) is 2.65. The number of nitrogens with one attached hydrogen (secondary N) is 1. The Morgan fingerprint density at radius 3 is 3.00 bits per heavy atom. The first-order valence-corrected chi connectivity index (χ1v) is 6.65. The zero-order chi connectivity index (χ0) is 12.4. The average Bonchev–Trinajstić information content (AvgIpc) is 2.47. The Morgan fingerprint density at radius 2 is 2.11 bits per heavy atom. The van der Waals surface area contributed by atoms with E-state index in [0.29, 0.717) is 6.04 Å². The van der Waals surface area contributed by atoms with Crippen molar-refractivity contribution in [3.05, 3.63) is 36.4 Å². The van der Waals surface area contributed by atoms with Gasteiger partial charge in [0.2, 0.25) is 0 Å². The number of pyridine rings is 1. The summed E-state index contributed by atoms with van der Waals surface area (Å²) in [6.45, 7) is 2.17. The van der Waals surface area contributed by atoms with Crippen LogP contribution in [0.3, 0.4) is 0 Å². The van der Waals surface area contributed by atoms with Gasteiger partial charge in [-0.3, -0.25) is 0 Å². The Bertz CT molecular complexity index is 538. The summed E-state index contributed by atoms with van der Waals surface area (Å²) < 4.78 is 0. The van der Waals surface area contributed by atoms with Gasteiger partial charge in [-0.1, -0.05) is 18.2 Å². The van der Waals surface area contributed by atoms with Crippen LogP contribution in [0.25, 0.3) is 10.9 Å². The van der Waals surface area contributed by atoms with Crippen molar-refractivity contribution in [1.82, 2.24) is 10.3 Å². The molecule has 1 aliphatic heterocycles. The van der Waals surface area contributed by atoms with E-state index in [4.69, 9.17) is 4.98 Å². The van der Waals surface area contributed by atoms with Gasteiger partial charge in [0.1, 0.15) is 5.82 Å². The topological polar surface area (TPSA) is 28.2 Å². The van der Waals surface area contributed by atoms with Crippen LogP contribution >= 0.6 is 0 Å². The van der Waals surface area contributed by atoms with Crippen molar-refractivity contribution in [3.8, 4) is 0 Å². The minimum atomic E-state index is 0.590. The number of likely N-dealkylation sites (N-methyl/N-ethyl adjacent to an activating group) is 1. The van der Waals surface area contributed by atoms with Crippen molar-refractivity contribution in [2.45, 2.75) is 18.9 Å². The highest BCUT2D eigenvalue weighted by molar-refractivity contribution is 5.80. The van der Waals surface area contributed by atoms with Crippen molar-refractivity contribution < 1.29 is 0 Å². The molecular formula is C15H19N3. The summed E-state index contributed by atoms with van der Waals surface area (Å²) in [7, 11) is 2.04. The molecule has 1 aliphatic rings. The van der Waals surface area contributed by atoms with Crippen molar-refractivity contribution in [1.29, 1.82) is 0 Å². The number of fused-ring (bicyclic) bond motifs is 1. The number of para-hydroxylation sites is 1. The first kappa shape index (κ1) is 11.5. The van der Waals surface area contributed by atoms with Gasteiger partial charge >= 0.3 is 0 Å².